The molecule has 27 heavy (non-hydrogen) atoms. The zero-order valence-corrected chi connectivity index (χ0v) is 15.7. The van der Waals surface area contributed by atoms with Crippen molar-refractivity contribution in [1.29, 1.82) is 0 Å². The number of hydrogen-bond acceptors (Lipinski definition) is 3. The molecule has 0 N–H and O–H groups in total. The first-order chi connectivity index (χ1) is 13.2. The molecule has 2 aromatic carbocycles. The molecule has 0 bridgehead atoms. The van der Waals surface area contributed by atoms with E-state index in [1.165, 1.54) is 53.5 Å². The van der Waals surface area contributed by atoms with Crippen LogP contribution in [0.2, 0.25) is 0 Å². The van der Waals surface area contributed by atoms with Gasteiger partial charge in [0.2, 0.25) is 0 Å². The first-order valence-electron chi connectivity index (χ1n) is 9.86. The highest BCUT2D eigenvalue weighted by molar-refractivity contribution is 5.85. The van der Waals surface area contributed by atoms with Crippen molar-refractivity contribution in [2.45, 2.75) is 26.2 Å². The second-order valence-electron chi connectivity index (χ2n) is 7.74. The molecule has 0 radical (unpaired) electrons. The number of benzene rings is 2. The second kappa shape index (κ2) is 6.52. The molecule has 0 atom stereocenters. The van der Waals surface area contributed by atoms with Gasteiger partial charge in [-0.05, 0) is 85.3 Å². The average molecular weight is 361 g/mol. The number of halogens is 1. The van der Waals surface area contributed by atoms with E-state index in [1.54, 1.807) is 0 Å². The van der Waals surface area contributed by atoms with Crippen molar-refractivity contribution in [3.63, 3.8) is 0 Å². The molecule has 1 fully saturated rings. The van der Waals surface area contributed by atoms with Crippen molar-refractivity contribution in [2.24, 2.45) is 0 Å². The molecule has 138 valence electrons. The molecule has 1 aliphatic carbocycles. The Bertz CT molecular complexity index is 989. The van der Waals surface area contributed by atoms with Crippen LogP contribution >= 0.6 is 0 Å². The van der Waals surface area contributed by atoms with Crippen LogP contribution in [0.3, 0.4) is 0 Å². The summed E-state index contributed by atoms with van der Waals surface area (Å²) in [5.74, 6) is 0.899. The van der Waals surface area contributed by atoms with E-state index in [0.717, 1.165) is 43.2 Å². The molecule has 4 heteroatoms. The third kappa shape index (κ3) is 3.03. The van der Waals surface area contributed by atoms with Crippen molar-refractivity contribution >= 4 is 22.4 Å². The van der Waals surface area contributed by atoms with Crippen molar-refractivity contribution in [1.82, 2.24) is 4.98 Å². The zero-order chi connectivity index (χ0) is 18.4. The molecule has 0 spiro atoms. The van der Waals surface area contributed by atoms with E-state index in [1.807, 2.05) is 12.1 Å². The molecular formula is C23H24FN3. The van der Waals surface area contributed by atoms with Crippen molar-refractivity contribution < 1.29 is 4.39 Å². The van der Waals surface area contributed by atoms with E-state index in [0.29, 0.717) is 0 Å². The van der Waals surface area contributed by atoms with Gasteiger partial charge in [-0.2, -0.15) is 0 Å². The van der Waals surface area contributed by atoms with Gasteiger partial charge in [0.25, 0.3) is 0 Å². The predicted octanol–water partition coefficient (Wildman–Crippen LogP) is 4.50. The lowest BCUT2D eigenvalue weighted by molar-refractivity contribution is 0.624. The summed E-state index contributed by atoms with van der Waals surface area (Å²) in [5.41, 5.74) is 6.52. The van der Waals surface area contributed by atoms with Gasteiger partial charge >= 0.3 is 0 Å². The van der Waals surface area contributed by atoms with Gasteiger partial charge in [-0.15, -0.1) is 0 Å². The summed E-state index contributed by atoms with van der Waals surface area (Å²) in [6, 6.07) is 13.7. The van der Waals surface area contributed by atoms with Crippen molar-refractivity contribution in [3.05, 3.63) is 65.0 Å². The van der Waals surface area contributed by atoms with Crippen molar-refractivity contribution in [3.8, 4) is 0 Å². The smallest absolute Gasteiger partial charge is 0.129 e. The first kappa shape index (κ1) is 16.5. The fraction of sp³-hybridized carbons (Fsp3) is 0.348. The van der Waals surface area contributed by atoms with Gasteiger partial charge in [0.15, 0.2) is 0 Å². The number of aromatic nitrogens is 1. The first-order valence-corrected chi connectivity index (χ1v) is 9.86. The van der Waals surface area contributed by atoms with E-state index in [9.17, 15) is 4.39 Å². The van der Waals surface area contributed by atoms with Crippen LogP contribution in [0.1, 0.15) is 23.1 Å². The molecule has 1 saturated heterocycles. The largest absolute Gasteiger partial charge is 0.368 e. The van der Waals surface area contributed by atoms with Gasteiger partial charge in [-0.25, -0.2) is 9.37 Å². The van der Waals surface area contributed by atoms with Crippen LogP contribution in [0, 0.1) is 12.7 Å². The summed E-state index contributed by atoms with van der Waals surface area (Å²) < 4.78 is 13.2. The third-order valence-corrected chi connectivity index (χ3v) is 6.01. The lowest BCUT2D eigenvalue weighted by Gasteiger charge is -2.37. The van der Waals surface area contributed by atoms with E-state index >= 15 is 0 Å². The van der Waals surface area contributed by atoms with Gasteiger partial charge < -0.3 is 9.80 Å². The number of nitrogens with zero attached hydrogens (tertiary/aromatic N) is 3. The number of aryl methyl sites for hydroxylation is 3. The summed E-state index contributed by atoms with van der Waals surface area (Å²) in [6.45, 7) is 5.91. The van der Waals surface area contributed by atoms with E-state index in [-0.39, 0.29) is 5.82 Å². The van der Waals surface area contributed by atoms with Crippen LogP contribution < -0.4 is 9.80 Å². The second-order valence-corrected chi connectivity index (χ2v) is 7.74. The van der Waals surface area contributed by atoms with Gasteiger partial charge in [-0.3, -0.25) is 0 Å². The minimum Gasteiger partial charge on any atom is -0.368 e. The minimum absolute atomic E-state index is 0.181. The van der Waals surface area contributed by atoms with E-state index in [2.05, 4.69) is 34.9 Å². The summed E-state index contributed by atoms with van der Waals surface area (Å²) in [6.07, 6.45) is 3.66. The zero-order valence-electron chi connectivity index (χ0n) is 15.7. The Kier molecular flexibility index (Phi) is 4.00. The Hall–Kier alpha value is -2.62. The van der Waals surface area contributed by atoms with Crippen LogP contribution in [-0.2, 0) is 12.8 Å². The lowest BCUT2D eigenvalue weighted by Crippen LogP contribution is -2.46. The van der Waals surface area contributed by atoms with E-state index < -0.39 is 0 Å². The quantitative estimate of drug-likeness (QED) is 0.670. The maximum atomic E-state index is 13.2. The van der Waals surface area contributed by atoms with Crippen LogP contribution in [0.15, 0.2) is 42.5 Å². The van der Waals surface area contributed by atoms with Gasteiger partial charge in [-0.1, -0.05) is 0 Å². The fourth-order valence-corrected chi connectivity index (χ4v) is 4.45. The maximum Gasteiger partial charge on any atom is 0.129 e. The van der Waals surface area contributed by atoms with Crippen molar-refractivity contribution in [2.75, 3.05) is 36.0 Å². The normalized spacial score (nSPS) is 16.8. The number of hydrogen-bond donors (Lipinski definition) is 0. The number of fused-ring (bicyclic) bond motifs is 2. The predicted molar refractivity (Wildman–Crippen MR) is 109 cm³/mol. The van der Waals surface area contributed by atoms with Crippen LogP contribution in [0.5, 0.6) is 0 Å². The Morgan fingerprint density at radius 1 is 0.852 bits per heavy atom. The molecular weight excluding hydrogens is 337 g/mol. The highest BCUT2D eigenvalue weighted by atomic mass is 19.1. The SMILES string of the molecule is Cc1cc(N2CCN(c3ccc(F)cc3)CC2)nc2cc3c(cc12)CCC3. The third-order valence-electron chi connectivity index (χ3n) is 6.01. The molecule has 1 aromatic heterocycles. The molecule has 5 rings (SSSR count). The number of rotatable bonds is 2. The molecule has 3 aromatic rings. The minimum atomic E-state index is -0.181. The molecule has 2 heterocycles. The Morgan fingerprint density at radius 3 is 2.26 bits per heavy atom. The fourth-order valence-electron chi connectivity index (χ4n) is 4.45. The monoisotopic (exact) mass is 361 g/mol. The summed E-state index contributed by atoms with van der Waals surface area (Å²) in [5, 5.41) is 1.30. The topological polar surface area (TPSA) is 19.4 Å². The molecule has 3 nitrogen and oxygen atoms in total. The Labute approximate surface area is 159 Å². The molecule has 0 saturated carbocycles. The number of piperazine rings is 1. The van der Waals surface area contributed by atoms with Gasteiger partial charge in [0.05, 0.1) is 5.52 Å². The summed E-state index contributed by atoms with van der Waals surface area (Å²) in [4.78, 5) is 9.70. The molecule has 2 aliphatic rings. The standard InChI is InChI=1S/C23H24FN3/c1-16-13-23(25-22-15-18-4-2-3-17(18)14-21(16)22)27-11-9-26(10-12-27)20-7-5-19(24)6-8-20/h5-8,13-15H,2-4,9-12H2,1H3. The average Bonchev–Trinajstić information content (AvgIpc) is 3.15. The molecule has 0 amide bonds. The highest BCUT2D eigenvalue weighted by Gasteiger charge is 2.20. The number of pyridine rings is 1. The molecule has 0 unspecified atom stereocenters. The lowest BCUT2D eigenvalue weighted by atomic mass is 10.0. The Morgan fingerprint density at radius 2 is 1.52 bits per heavy atom. The van der Waals surface area contributed by atoms with Crippen LogP contribution in [0.4, 0.5) is 15.9 Å². The van der Waals surface area contributed by atoms with Crippen LogP contribution in [-0.4, -0.2) is 31.2 Å². The molecule has 1 aliphatic heterocycles. The van der Waals surface area contributed by atoms with Crippen LogP contribution in [0.25, 0.3) is 10.9 Å². The van der Waals surface area contributed by atoms with Gasteiger partial charge in [0, 0.05) is 37.3 Å². The summed E-state index contributed by atoms with van der Waals surface area (Å²) >= 11 is 0. The maximum absolute atomic E-state index is 13.2. The van der Waals surface area contributed by atoms with Gasteiger partial charge in [0.1, 0.15) is 11.6 Å². The van der Waals surface area contributed by atoms with E-state index in [4.69, 9.17) is 4.98 Å². The number of anilines is 2. The summed E-state index contributed by atoms with van der Waals surface area (Å²) in [7, 11) is 0. The Balaban J connectivity index is 1.38. The highest BCUT2D eigenvalue weighted by Crippen LogP contribution is 2.30.